The minimum Gasteiger partial charge on any atom is -0.488 e. The maximum absolute atomic E-state index is 12.9. The van der Waals surface area contributed by atoms with E-state index in [1.54, 1.807) is 4.90 Å². The second-order valence-electron chi connectivity index (χ2n) is 8.60. The lowest BCUT2D eigenvalue weighted by atomic mass is 9.95. The van der Waals surface area contributed by atoms with Crippen molar-refractivity contribution in [2.24, 2.45) is 0 Å². The monoisotopic (exact) mass is 405 g/mol. The fourth-order valence-corrected chi connectivity index (χ4v) is 3.91. The Balaban J connectivity index is 1.77. The average Bonchev–Trinajstić information content (AvgIpc) is 3.10. The summed E-state index contributed by atoms with van der Waals surface area (Å²) in [7, 11) is 0. The molecule has 1 amide bonds. The Bertz CT molecular complexity index is 1060. The van der Waals surface area contributed by atoms with Gasteiger partial charge in [-0.05, 0) is 37.3 Å². The van der Waals surface area contributed by atoms with E-state index in [2.05, 4.69) is 0 Å². The summed E-state index contributed by atoms with van der Waals surface area (Å²) in [6, 6.07) is 19.8. The number of fused-ring (bicyclic) bond motifs is 3. The van der Waals surface area contributed by atoms with E-state index in [0.717, 1.165) is 27.6 Å². The van der Waals surface area contributed by atoms with Crippen LogP contribution in [0.3, 0.4) is 0 Å². The number of benzene rings is 3. The summed E-state index contributed by atoms with van der Waals surface area (Å²) in [5.41, 5.74) is 2.17. The normalized spacial score (nSPS) is 15.9. The summed E-state index contributed by atoms with van der Waals surface area (Å²) in [6.45, 7) is 6.31. The fraction of sp³-hybridized carbons (Fsp3) is 0.320. The van der Waals surface area contributed by atoms with Gasteiger partial charge in [-0.1, -0.05) is 54.6 Å². The first kappa shape index (κ1) is 20.2. The second-order valence-corrected chi connectivity index (χ2v) is 8.60. The largest absolute Gasteiger partial charge is 0.488 e. The highest BCUT2D eigenvalue weighted by molar-refractivity contribution is 6.02. The first-order valence-corrected chi connectivity index (χ1v) is 10.2. The summed E-state index contributed by atoms with van der Waals surface area (Å²) >= 11 is 0. The molecular formula is C25H27NO4. The number of aliphatic hydroxyl groups excluding tert-OH is 1. The van der Waals surface area contributed by atoms with E-state index in [4.69, 9.17) is 9.47 Å². The van der Waals surface area contributed by atoms with E-state index in [0.29, 0.717) is 18.9 Å². The number of nitrogens with zero attached hydrogens (tertiary/aromatic N) is 1. The third-order valence-electron chi connectivity index (χ3n) is 5.20. The molecule has 3 aromatic carbocycles. The number of rotatable bonds is 4. The van der Waals surface area contributed by atoms with Crippen LogP contribution in [0, 0.1) is 0 Å². The molecule has 156 valence electrons. The molecule has 0 unspecified atom stereocenters. The quantitative estimate of drug-likeness (QED) is 0.644. The van der Waals surface area contributed by atoms with Crippen LogP contribution in [0.4, 0.5) is 10.5 Å². The van der Waals surface area contributed by atoms with E-state index in [-0.39, 0.29) is 12.5 Å². The van der Waals surface area contributed by atoms with Gasteiger partial charge in [-0.25, -0.2) is 4.79 Å². The van der Waals surface area contributed by atoms with Crippen molar-refractivity contribution >= 4 is 22.6 Å². The zero-order valence-corrected chi connectivity index (χ0v) is 17.6. The van der Waals surface area contributed by atoms with Gasteiger partial charge < -0.3 is 14.6 Å². The fourth-order valence-electron chi connectivity index (χ4n) is 3.91. The molecule has 0 fully saturated rings. The maximum atomic E-state index is 12.9. The minimum atomic E-state index is -0.599. The van der Waals surface area contributed by atoms with Gasteiger partial charge in [-0.2, -0.15) is 0 Å². The van der Waals surface area contributed by atoms with Crippen LogP contribution in [0.2, 0.25) is 0 Å². The molecule has 3 aromatic rings. The smallest absolute Gasteiger partial charge is 0.414 e. The lowest BCUT2D eigenvalue weighted by Gasteiger charge is -2.25. The molecule has 5 heteroatoms. The van der Waals surface area contributed by atoms with E-state index in [1.165, 1.54) is 0 Å². The first-order chi connectivity index (χ1) is 14.4. The predicted octanol–water partition coefficient (Wildman–Crippen LogP) is 5.25. The predicted molar refractivity (Wildman–Crippen MR) is 118 cm³/mol. The molecule has 0 bridgehead atoms. The van der Waals surface area contributed by atoms with Crippen LogP contribution in [-0.4, -0.2) is 30.0 Å². The van der Waals surface area contributed by atoms with E-state index in [1.807, 2.05) is 81.4 Å². The average molecular weight is 405 g/mol. The van der Waals surface area contributed by atoms with Gasteiger partial charge >= 0.3 is 6.09 Å². The zero-order chi connectivity index (χ0) is 21.3. The molecule has 0 saturated carbocycles. The summed E-state index contributed by atoms with van der Waals surface area (Å²) in [6.07, 6.45) is -0.413. The molecule has 1 aliphatic heterocycles. The van der Waals surface area contributed by atoms with Crippen molar-refractivity contribution < 1.29 is 19.4 Å². The molecule has 0 spiro atoms. The molecule has 5 nitrogen and oxygen atoms in total. The molecule has 1 aliphatic rings. The SMILES string of the molecule is CC(C)(C)OC(=O)N1C[C@@H](CO)c2c1cc(OCc1ccccc1)c1ccccc21. The summed E-state index contributed by atoms with van der Waals surface area (Å²) in [5.74, 6) is 0.543. The third kappa shape index (κ3) is 3.98. The number of carbonyl (C=O) groups excluding carboxylic acids is 1. The van der Waals surface area contributed by atoms with Crippen LogP contribution in [-0.2, 0) is 11.3 Å². The molecule has 1 heterocycles. The number of aliphatic hydroxyl groups is 1. The van der Waals surface area contributed by atoms with Crippen molar-refractivity contribution in [2.45, 2.75) is 38.9 Å². The van der Waals surface area contributed by atoms with Gasteiger partial charge in [-0.15, -0.1) is 0 Å². The maximum Gasteiger partial charge on any atom is 0.414 e. The summed E-state index contributed by atoms with van der Waals surface area (Å²) in [5, 5.41) is 12.0. The van der Waals surface area contributed by atoms with Crippen molar-refractivity contribution in [3.63, 3.8) is 0 Å². The molecule has 0 saturated heterocycles. The van der Waals surface area contributed by atoms with Gasteiger partial charge in [0.1, 0.15) is 18.0 Å². The van der Waals surface area contributed by atoms with Gasteiger partial charge in [-0.3, -0.25) is 4.90 Å². The van der Waals surface area contributed by atoms with Crippen LogP contribution >= 0.6 is 0 Å². The van der Waals surface area contributed by atoms with Crippen molar-refractivity contribution in [1.82, 2.24) is 0 Å². The van der Waals surface area contributed by atoms with E-state index in [9.17, 15) is 9.90 Å². The molecule has 30 heavy (non-hydrogen) atoms. The summed E-state index contributed by atoms with van der Waals surface area (Å²) < 4.78 is 11.8. The van der Waals surface area contributed by atoms with Gasteiger partial charge in [0.05, 0.1) is 12.3 Å². The van der Waals surface area contributed by atoms with Gasteiger partial charge in [0.2, 0.25) is 0 Å². The highest BCUT2D eigenvalue weighted by Crippen LogP contribution is 2.45. The van der Waals surface area contributed by atoms with Crippen LogP contribution in [0.25, 0.3) is 10.8 Å². The number of amides is 1. The Morgan fingerprint density at radius 2 is 1.73 bits per heavy atom. The van der Waals surface area contributed by atoms with Crippen molar-refractivity contribution in [3.8, 4) is 5.75 Å². The number of hydrogen-bond donors (Lipinski definition) is 1. The van der Waals surface area contributed by atoms with Gasteiger partial charge in [0, 0.05) is 23.9 Å². The highest BCUT2D eigenvalue weighted by atomic mass is 16.6. The molecule has 4 rings (SSSR count). The van der Waals surface area contributed by atoms with E-state index >= 15 is 0 Å². The Morgan fingerprint density at radius 1 is 1.07 bits per heavy atom. The van der Waals surface area contributed by atoms with Crippen LogP contribution in [0.5, 0.6) is 5.75 Å². The summed E-state index contributed by atoms with van der Waals surface area (Å²) in [4.78, 5) is 14.5. The standard InChI is InChI=1S/C25H27NO4/c1-25(2,3)30-24(28)26-14-18(15-27)23-20-12-8-7-11-19(20)22(13-21(23)26)29-16-17-9-5-4-6-10-17/h4-13,18,27H,14-16H2,1-3H3/t18-/m0/s1. The lowest BCUT2D eigenvalue weighted by molar-refractivity contribution is 0.0581. The number of ether oxygens (including phenoxy) is 2. The topological polar surface area (TPSA) is 59.0 Å². The number of carbonyl (C=O) groups is 1. The first-order valence-electron chi connectivity index (χ1n) is 10.2. The molecule has 0 aliphatic carbocycles. The second kappa shape index (κ2) is 8.00. The van der Waals surface area contributed by atoms with Gasteiger partial charge in [0.25, 0.3) is 0 Å². The molecule has 0 aromatic heterocycles. The Morgan fingerprint density at radius 3 is 2.40 bits per heavy atom. The number of hydrogen-bond acceptors (Lipinski definition) is 4. The Hall–Kier alpha value is -3.05. The highest BCUT2D eigenvalue weighted by Gasteiger charge is 2.36. The van der Waals surface area contributed by atoms with Crippen LogP contribution in [0.15, 0.2) is 60.7 Å². The van der Waals surface area contributed by atoms with E-state index < -0.39 is 11.7 Å². The Kier molecular flexibility index (Phi) is 5.39. The van der Waals surface area contributed by atoms with Crippen LogP contribution < -0.4 is 9.64 Å². The molecule has 0 radical (unpaired) electrons. The molecule has 1 atom stereocenters. The lowest BCUT2D eigenvalue weighted by Crippen LogP contribution is -2.36. The number of anilines is 1. The van der Waals surface area contributed by atoms with Crippen molar-refractivity contribution in [3.05, 3.63) is 71.8 Å². The Labute approximate surface area is 176 Å². The third-order valence-corrected chi connectivity index (χ3v) is 5.20. The zero-order valence-electron chi connectivity index (χ0n) is 17.6. The van der Waals surface area contributed by atoms with Crippen LogP contribution in [0.1, 0.15) is 37.8 Å². The molecular weight excluding hydrogens is 378 g/mol. The van der Waals surface area contributed by atoms with Gasteiger partial charge in [0.15, 0.2) is 0 Å². The van der Waals surface area contributed by atoms with Crippen molar-refractivity contribution in [2.75, 3.05) is 18.1 Å². The molecule has 1 N–H and O–H groups in total. The van der Waals surface area contributed by atoms with Crippen molar-refractivity contribution in [1.29, 1.82) is 0 Å². The minimum absolute atomic E-state index is 0.0412.